The summed E-state index contributed by atoms with van der Waals surface area (Å²) in [6.07, 6.45) is 9.42. The van der Waals surface area contributed by atoms with Gasteiger partial charge in [-0.25, -0.2) is 9.37 Å². The summed E-state index contributed by atoms with van der Waals surface area (Å²) < 4.78 is 13.5. The van der Waals surface area contributed by atoms with Crippen LogP contribution in [0.3, 0.4) is 0 Å². The van der Waals surface area contributed by atoms with E-state index in [9.17, 15) is 4.39 Å². The monoisotopic (exact) mass is 455 g/mol. The van der Waals surface area contributed by atoms with Crippen molar-refractivity contribution in [2.45, 2.75) is 76.7 Å². The fourth-order valence-corrected chi connectivity index (χ4v) is 5.35. The molecule has 1 saturated carbocycles. The molecule has 32 heavy (non-hydrogen) atoms. The summed E-state index contributed by atoms with van der Waals surface area (Å²) in [5.74, 6) is 1.31. The number of aromatic nitrogens is 2. The Bertz CT molecular complexity index is 926. The molecule has 1 aromatic heterocycles. The summed E-state index contributed by atoms with van der Waals surface area (Å²) in [6.45, 7) is 5.99. The lowest BCUT2D eigenvalue weighted by Crippen LogP contribution is -2.43. The smallest absolute Gasteiger partial charge is 0.231 e. The number of aryl methyl sites for hydroxylation is 1. The predicted octanol–water partition coefficient (Wildman–Crippen LogP) is 5.49. The van der Waals surface area contributed by atoms with Crippen molar-refractivity contribution >= 4 is 29.1 Å². The zero-order chi connectivity index (χ0) is 22.6. The van der Waals surface area contributed by atoms with Gasteiger partial charge in [0, 0.05) is 36.3 Å². The highest BCUT2D eigenvalue weighted by molar-refractivity contribution is 7.80. The number of halogens is 1. The SMILES string of the molecule is Cc1cc(N2CCCC[C@H]2C)nc(NC(=S)NCC2(c3ccc(F)cc3)CCCCC2)n1. The minimum Gasteiger partial charge on any atom is -0.361 e. The number of hydrogen-bond acceptors (Lipinski definition) is 4. The van der Waals surface area contributed by atoms with Crippen molar-refractivity contribution in [1.29, 1.82) is 0 Å². The van der Waals surface area contributed by atoms with Crippen LogP contribution in [-0.4, -0.2) is 34.2 Å². The maximum absolute atomic E-state index is 13.5. The molecule has 0 amide bonds. The number of rotatable bonds is 5. The average molecular weight is 456 g/mol. The summed E-state index contributed by atoms with van der Waals surface area (Å²) in [4.78, 5) is 11.7. The van der Waals surface area contributed by atoms with Crippen LogP contribution in [0.4, 0.5) is 16.2 Å². The molecule has 0 spiro atoms. The molecule has 5 nitrogen and oxygen atoms in total. The highest BCUT2D eigenvalue weighted by Crippen LogP contribution is 2.39. The van der Waals surface area contributed by atoms with Gasteiger partial charge in [0.05, 0.1) is 0 Å². The Balaban J connectivity index is 1.44. The second-order valence-electron chi connectivity index (χ2n) is 9.38. The normalized spacial score (nSPS) is 20.6. The third-order valence-electron chi connectivity index (χ3n) is 7.02. The fraction of sp³-hybridized carbons (Fsp3) is 0.560. The van der Waals surface area contributed by atoms with Gasteiger partial charge in [-0.05, 0) is 75.9 Å². The summed E-state index contributed by atoms with van der Waals surface area (Å²) in [5.41, 5.74) is 2.08. The molecule has 4 rings (SSSR count). The maximum Gasteiger partial charge on any atom is 0.231 e. The number of benzene rings is 1. The molecular weight excluding hydrogens is 421 g/mol. The van der Waals surface area contributed by atoms with Gasteiger partial charge in [0.1, 0.15) is 11.6 Å². The quantitative estimate of drug-likeness (QED) is 0.582. The van der Waals surface area contributed by atoms with E-state index >= 15 is 0 Å². The van der Waals surface area contributed by atoms with Gasteiger partial charge in [-0.15, -0.1) is 0 Å². The molecule has 2 fully saturated rings. The number of piperidine rings is 1. The van der Waals surface area contributed by atoms with E-state index in [2.05, 4.69) is 33.5 Å². The van der Waals surface area contributed by atoms with Gasteiger partial charge in [0.2, 0.25) is 5.95 Å². The van der Waals surface area contributed by atoms with E-state index < -0.39 is 0 Å². The van der Waals surface area contributed by atoms with E-state index in [4.69, 9.17) is 17.2 Å². The lowest BCUT2D eigenvalue weighted by Gasteiger charge is -2.38. The molecule has 172 valence electrons. The van der Waals surface area contributed by atoms with E-state index in [0.717, 1.165) is 30.9 Å². The standard InChI is InChI=1S/C25H34FN5S/c1-18-16-22(31-15-7-4-8-19(31)2)29-23(28-18)30-24(32)27-17-25(13-5-3-6-14-25)20-9-11-21(26)12-10-20/h9-12,16,19H,3-8,13-15,17H2,1-2H3,(H2,27,28,29,30,32)/t19-/m1/s1. The van der Waals surface area contributed by atoms with E-state index in [-0.39, 0.29) is 11.2 Å². The van der Waals surface area contributed by atoms with E-state index in [1.54, 1.807) is 12.1 Å². The van der Waals surface area contributed by atoms with Crippen LogP contribution in [0.15, 0.2) is 30.3 Å². The number of thiocarbonyl (C=S) groups is 1. The van der Waals surface area contributed by atoms with Crippen LogP contribution in [0.25, 0.3) is 0 Å². The highest BCUT2D eigenvalue weighted by Gasteiger charge is 2.34. The summed E-state index contributed by atoms with van der Waals surface area (Å²) in [6, 6.07) is 9.51. The lowest BCUT2D eigenvalue weighted by atomic mass is 9.69. The van der Waals surface area contributed by atoms with Gasteiger partial charge in [0.15, 0.2) is 5.11 Å². The Morgan fingerprint density at radius 1 is 1.12 bits per heavy atom. The van der Waals surface area contributed by atoms with E-state index in [1.165, 1.54) is 44.1 Å². The van der Waals surface area contributed by atoms with Gasteiger partial charge in [-0.2, -0.15) is 4.98 Å². The number of nitrogens with zero attached hydrogens (tertiary/aromatic N) is 3. The van der Waals surface area contributed by atoms with Crippen LogP contribution < -0.4 is 15.5 Å². The Hall–Kier alpha value is -2.28. The second-order valence-corrected chi connectivity index (χ2v) is 9.79. The minimum atomic E-state index is -0.194. The largest absolute Gasteiger partial charge is 0.361 e. The first-order valence-corrected chi connectivity index (χ1v) is 12.3. The zero-order valence-corrected chi connectivity index (χ0v) is 20.0. The van der Waals surface area contributed by atoms with Crippen molar-refractivity contribution in [3.63, 3.8) is 0 Å². The molecule has 1 aromatic carbocycles. The molecule has 1 atom stereocenters. The number of hydrogen-bond donors (Lipinski definition) is 2. The van der Waals surface area contributed by atoms with Gasteiger partial charge in [-0.1, -0.05) is 31.4 Å². The van der Waals surface area contributed by atoms with Crippen LogP contribution >= 0.6 is 12.2 Å². The fourth-order valence-electron chi connectivity index (χ4n) is 5.19. The molecule has 1 aliphatic carbocycles. The maximum atomic E-state index is 13.5. The van der Waals surface area contributed by atoms with Crippen LogP contribution in [0.2, 0.25) is 0 Å². The first-order valence-electron chi connectivity index (χ1n) is 11.9. The van der Waals surface area contributed by atoms with Crippen LogP contribution in [0.1, 0.15) is 69.5 Å². The Kier molecular flexibility index (Phi) is 7.23. The number of anilines is 2. The predicted molar refractivity (Wildman–Crippen MR) is 133 cm³/mol. The van der Waals surface area contributed by atoms with Gasteiger partial charge < -0.3 is 15.5 Å². The summed E-state index contributed by atoms with van der Waals surface area (Å²) in [7, 11) is 0. The summed E-state index contributed by atoms with van der Waals surface area (Å²) >= 11 is 5.62. The second kappa shape index (κ2) is 10.1. The molecule has 2 aromatic rings. The van der Waals surface area contributed by atoms with Crippen molar-refractivity contribution in [2.24, 2.45) is 0 Å². The van der Waals surface area contributed by atoms with Crippen molar-refractivity contribution < 1.29 is 4.39 Å². The topological polar surface area (TPSA) is 53.1 Å². The Labute approximate surface area is 196 Å². The van der Waals surface area contributed by atoms with Gasteiger partial charge in [-0.3, -0.25) is 0 Å². The Morgan fingerprint density at radius 3 is 2.59 bits per heavy atom. The average Bonchev–Trinajstić information content (AvgIpc) is 2.79. The van der Waals surface area contributed by atoms with E-state index in [1.807, 2.05) is 19.1 Å². The molecule has 1 saturated heterocycles. The number of nitrogens with one attached hydrogen (secondary N) is 2. The third kappa shape index (κ3) is 5.37. The zero-order valence-electron chi connectivity index (χ0n) is 19.2. The molecule has 2 N–H and O–H groups in total. The highest BCUT2D eigenvalue weighted by atomic mass is 32.1. The minimum absolute atomic E-state index is 0.0282. The summed E-state index contributed by atoms with van der Waals surface area (Å²) in [5, 5.41) is 7.15. The van der Waals surface area contributed by atoms with Crippen LogP contribution in [0, 0.1) is 12.7 Å². The first-order chi connectivity index (χ1) is 15.4. The van der Waals surface area contributed by atoms with Crippen molar-refractivity contribution in [1.82, 2.24) is 15.3 Å². The van der Waals surface area contributed by atoms with Gasteiger partial charge in [0.25, 0.3) is 0 Å². The van der Waals surface area contributed by atoms with Crippen LogP contribution in [-0.2, 0) is 5.41 Å². The molecule has 2 heterocycles. The van der Waals surface area contributed by atoms with Crippen LogP contribution in [0.5, 0.6) is 0 Å². The molecule has 1 aliphatic heterocycles. The lowest BCUT2D eigenvalue weighted by molar-refractivity contribution is 0.292. The molecular formula is C25H34FN5S. The molecule has 0 bridgehead atoms. The molecule has 7 heteroatoms. The Morgan fingerprint density at radius 2 is 1.88 bits per heavy atom. The third-order valence-corrected chi connectivity index (χ3v) is 7.26. The van der Waals surface area contributed by atoms with Crippen molar-refractivity contribution in [2.75, 3.05) is 23.3 Å². The van der Waals surface area contributed by atoms with Gasteiger partial charge >= 0.3 is 0 Å². The molecule has 2 aliphatic rings. The van der Waals surface area contributed by atoms with E-state index in [0.29, 0.717) is 23.6 Å². The molecule has 0 unspecified atom stereocenters. The first kappa shape index (κ1) is 22.9. The van der Waals surface area contributed by atoms with Crippen molar-refractivity contribution in [3.8, 4) is 0 Å². The van der Waals surface area contributed by atoms with Crippen molar-refractivity contribution in [3.05, 3.63) is 47.4 Å². The molecule has 0 radical (unpaired) electrons.